The minimum atomic E-state index is 1.24. The van der Waals surface area contributed by atoms with E-state index < -0.39 is 0 Å². The van der Waals surface area contributed by atoms with Crippen molar-refractivity contribution in [1.29, 1.82) is 0 Å². The molecule has 11 aromatic rings. The van der Waals surface area contributed by atoms with Gasteiger partial charge in [0.1, 0.15) is 0 Å². The smallest absolute Gasteiger partial charge is 0.0542 e. The van der Waals surface area contributed by atoms with Gasteiger partial charge >= 0.3 is 0 Å². The summed E-state index contributed by atoms with van der Waals surface area (Å²) in [4.78, 5) is 0. The molecule has 9 aromatic carbocycles. The topological polar surface area (TPSA) is 0 Å². The fraction of sp³-hybridized carbons (Fsp3) is 0. The molecule has 11 rings (SSSR count). The van der Waals surface area contributed by atoms with E-state index in [9.17, 15) is 0 Å². The van der Waals surface area contributed by atoms with E-state index >= 15 is 0 Å². The monoisotopic (exact) mass is 616 g/mol. The molecule has 0 saturated heterocycles. The van der Waals surface area contributed by atoms with E-state index in [2.05, 4.69) is 146 Å². The SMILES string of the molecule is c1ccc2cc3c(cc2c1)sc1c2cc4ccc(-c5ccc(-c6cc7ccc8cccc9ccc(c6)c7c89)cc5)cc4cc2sc31. The van der Waals surface area contributed by atoms with Crippen LogP contribution in [0.4, 0.5) is 0 Å². The minimum absolute atomic E-state index is 1.24. The summed E-state index contributed by atoms with van der Waals surface area (Å²) in [6.07, 6.45) is 0. The predicted octanol–water partition coefficient (Wildman–Crippen LogP) is 13.8. The van der Waals surface area contributed by atoms with E-state index in [0.29, 0.717) is 0 Å². The summed E-state index contributed by atoms with van der Waals surface area (Å²) < 4.78 is 5.58. The van der Waals surface area contributed by atoms with E-state index in [1.54, 1.807) is 0 Å². The molecular formula is C44H24S2. The molecule has 2 aromatic heterocycles. The second kappa shape index (κ2) is 9.14. The molecule has 0 atom stereocenters. The first-order chi connectivity index (χ1) is 22.7. The van der Waals surface area contributed by atoms with E-state index in [-0.39, 0.29) is 0 Å². The van der Waals surface area contributed by atoms with Gasteiger partial charge in [-0.3, -0.25) is 0 Å². The first-order valence-corrected chi connectivity index (χ1v) is 17.4. The van der Waals surface area contributed by atoms with Crippen molar-refractivity contribution in [3.05, 3.63) is 146 Å². The molecule has 2 heteroatoms. The third-order valence-electron chi connectivity index (χ3n) is 9.92. The van der Waals surface area contributed by atoms with Crippen LogP contribution in [0.2, 0.25) is 0 Å². The number of hydrogen-bond donors (Lipinski definition) is 0. The van der Waals surface area contributed by atoms with Crippen LogP contribution >= 0.6 is 22.7 Å². The van der Waals surface area contributed by atoms with Crippen LogP contribution in [0, 0.1) is 0 Å². The number of rotatable bonds is 2. The molecule has 0 nitrogen and oxygen atoms in total. The average molecular weight is 617 g/mol. The number of hydrogen-bond acceptors (Lipinski definition) is 2. The average Bonchev–Trinajstić information content (AvgIpc) is 3.63. The Hall–Kier alpha value is -5.28. The molecule has 0 bridgehead atoms. The highest BCUT2D eigenvalue weighted by molar-refractivity contribution is 7.36. The fourth-order valence-corrected chi connectivity index (χ4v) is 10.3. The number of thiophene rings is 2. The van der Waals surface area contributed by atoms with Crippen molar-refractivity contribution >= 4 is 106 Å². The number of benzene rings is 9. The van der Waals surface area contributed by atoms with Crippen LogP contribution in [0.3, 0.4) is 0 Å². The molecule has 0 aliphatic carbocycles. The molecular weight excluding hydrogens is 593 g/mol. The van der Waals surface area contributed by atoms with Crippen LogP contribution in [0.5, 0.6) is 0 Å². The standard InChI is InChI=1S/C44H24S2/c1-2-5-30-23-39-37(21-29(30)4-1)43-44(45-39)38-22-32-15-14-31(18-36(32)24-40(38)46-43)25-8-10-26(11-9-25)35-19-33-16-12-27-6-3-7-28-13-17-34(20-35)42(33)41(27)28/h1-24H. The van der Waals surface area contributed by atoms with Gasteiger partial charge in [-0.05, 0) is 119 Å². The summed E-state index contributed by atoms with van der Waals surface area (Å²) in [5.74, 6) is 0. The Kier molecular flexibility index (Phi) is 4.96. The van der Waals surface area contributed by atoms with Gasteiger partial charge in [0.25, 0.3) is 0 Å². The largest absolute Gasteiger partial charge is 0.134 e. The normalized spacial score (nSPS) is 12.3. The highest BCUT2D eigenvalue weighted by Crippen LogP contribution is 2.46. The lowest BCUT2D eigenvalue weighted by atomic mass is 9.91. The van der Waals surface area contributed by atoms with Crippen molar-refractivity contribution in [1.82, 2.24) is 0 Å². The van der Waals surface area contributed by atoms with Crippen molar-refractivity contribution in [2.45, 2.75) is 0 Å². The van der Waals surface area contributed by atoms with Crippen molar-refractivity contribution in [3.63, 3.8) is 0 Å². The van der Waals surface area contributed by atoms with E-state index in [4.69, 9.17) is 0 Å². The molecule has 0 unspecified atom stereocenters. The number of fused-ring (bicyclic) bond motifs is 7. The summed E-state index contributed by atoms with van der Waals surface area (Å²) >= 11 is 3.87. The Morgan fingerprint density at radius 2 is 0.717 bits per heavy atom. The van der Waals surface area contributed by atoms with Crippen molar-refractivity contribution in [3.8, 4) is 22.3 Å². The van der Waals surface area contributed by atoms with Gasteiger partial charge < -0.3 is 0 Å². The van der Waals surface area contributed by atoms with Gasteiger partial charge in [0.15, 0.2) is 0 Å². The van der Waals surface area contributed by atoms with Crippen LogP contribution in [-0.4, -0.2) is 0 Å². The predicted molar refractivity (Wildman–Crippen MR) is 204 cm³/mol. The molecule has 0 N–H and O–H groups in total. The van der Waals surface area contributed by atoms with Crippen LogP contribution < -0.4 is 0 Å². The molecule has 0 amide bonds. The van der Waals surface area contributed by atoms with Gasteiger partial charge in [0.05, 0.1) is 9.40 Å². The lowest BCUT2D eigenvalue weighted by Crippen LogP contribution is -1.86. The Bertz CT molecular complexity index is 2950. The summed E-state index contributed by atoms with van der Waals surface area (Å²) in [5.41, 5.74) is 5.00. The van der Waals surface area contributed by atoms with Crippen molar-refractivity contribution in [2.24, 2.45) is 0 Å². The van der Waals surface area contributed by atoms with Gasteiger partial charge in [-0.15, -0.1) is 22.7 Å². The highest BCUT2D eigenvalue weighted by Gasteiger charge is 2.15. The summed E-state index contributed by atoms with van der Waals surface area (Å²) in [6, 6.07) is 54.6. The molecule has 0 spiro atoms. The second-order valence-corrected chi connectivity index (χ2v) is 14.7. The maximum Gasteiger partial charge on any atom is 0.0542 e. The summed E-state index contributed by atoms with van der Waals surface area (Å²) in [5, 5.41) is 15.9. The van der Waals surface area contributed by atoms with E-state index in [0.717, 1.165) is 0 Å². The molecule has 0 fully saturated rings. The highest BCUT2D eigenvalue weighted by atomic mass is 32.1. The lowest BCUT2D eigenvalue weighted by Gasteiger charge is -2.13. The first kappa shape index (κ1) is 25.0. The molecule has 0 aliphatic rings. The maximum absolute atomic E-state index is 2.40. The second-order valence-electron chi connectivity index (χ2n) is 12.6. The van der Waals surface area contributed by atoms with Gasteiger partial charge in [0.2, 0.25) is 0 Å². The zero-order valence-electron chi connectivity index (χ0n) is 24.7. The molecule has 212 valence electrons. The van der Waals surface area contributed by atoms with Crippen LogP contribution in [0.1, 0.15) is 0 Å². The molecule has 0 aliphatic heterocycles. The van der Waals surface area contributed by atoms with Crippen molar-refractivity contribution in [2.75, 3.05) is 0 Å². The Balaban J connectivity index is 0.984. The van der Waals surface area contributed by atoms with Crippen LogP contribution in [-0.2, 0) is 0 Å². The molecule has 46 heavy (non-hydrogen) atoms. The van der Waals surface area contributed by atoms with E-state index in [1.807, 2.05) is 22.7 Å². The molecule has 0 radical (unpaired) electrons. The van der Waals surface area contributed by atoms with Crippen molar-refractivity contribution < 1.29 is 0 Å². The maximum atomic E-state index is 2.40. The first-order valence-electron chi connectivity index (χ1n) is 15.7. The fourth-order valence-electron chi connectivity index (χ4n) is 7.64. The minimum Gasteiger partial charge on any atom is -0.134 e. The Morgan fingerprint density at radius 3 is 1.37 bits per heavy atom. The zero-order chi connectivity index (χ0) is 29.9. The van der Waals surface area contributed by atoms with Gasteiger partial charge in [-0.25, -0.2) is 0 Å². The Morgan fingerprint density at radius 1 is 0.283 bits per heavy atom. The van der Waals surface area contributed by atoms with Gasteiger partial charge in [0, 0.05) is 20.2 Å². The van der Waals surface area contributed by atoms with Gasteiger partial charge in [-0.1, -0.05) is 103 Å². The third-order valence-corrected chi connectivity index (χ3v) is 12.4. The quantitative estimate of drug-likeness (QED) is 0.170. The summed E-state index contributed by atoms with van der Waals surface area (Å²) in [7, 11) is 0. The van der Waals surface area contributed by atoms with Crippen LogP contribution in [0.25, 0.3) is 106 Å². The summed E-state index contributed by atoms with van der Waals surface area (Å²) in [6.45, 7) is 0. The van der Waals surface area contributed by atoms with Crippen LogP contribution in [0.15, 0.2) is 146 Å². The van der Waals surface area contributed by atoms with Gasteiger partial charge in [-0.2, -0.15) is 0 Å². The lowest BCUT2D eigenvalue weighted by molar-refractivity contribution is 1.62. The Labute approximate surface area is 272 Å². The zero-order valence-corrected chi connectivity index (χ0v) is 26.3. The third kappa shape index (κ3) is 3.54. The van der Waals surface area contributed by atoms with E-state index in [1.165, 1.54) is 106 Å². The molecule has 2 heterocycles. The molecule has 0 saturated carbocycles.